The van der Waals surface area contributed by atoms with Crippen molar-refractivity contribution >= 4 is 17.8 Å². The van der Waals surface area contributed by atoms with Gasteiger partial charge in [0.1, 0.15) is 11.7 Å². The molecule has 1 heterocycles. The third-order valence-electron chi connectivity index (χ3n) is 3.18. The van der Waals surface area contributed by atoms with Crippen molar-refractivity contribution in [2.75, 3.05) is 13.7 Å². The molecule has 1 aromatic carbocycles. The van der Waals surface area contributed by atoms with E-state index < -0.39 is 5.92 Å². The van der Waals surface area contributed by atoms with E-state index in [1.807, 2.05) is 24.3 Å². The van der Waals surface area contributed by atoms with Gasteiger partial charge in [-0.2, -0.15) is 0 Å². The Morgan fingerprint density at radius 3 is 2.74 bits per heavy atom. The first kappa shape index (κ1) is 13.3. The van der Waals surface area contributed by atoms with Crippen LogP contribution in [0, 0.1) is 5.92 Å². The van der Waals surface area contributed by atoms with Crippen LogP contribution in [0.5, 0.6) is 5.75 Å². The summed E-state index contributed by atoms with van der Waals surface area (Å²) in [7, 11) is 1.61. The minimum Gasteiger partial charge on any atom is -0.497 e. The van der Waals surface area contributed by atoms with Crippen LogP contribution in [0.4, 0.5) is 0 Å². The fraction of sp³-hybridized carbons (Fsp3) is 0.333. The Bertz CT molecular complexity index is 491. The Morgan fingerprint density at radius 1 is 1.37 bits per heavy atom. The first-order valence-electron chi connectivity index (χ1n) is 6.34. The highest BCUT2D eigenvalue weighted by Crippen LogP contribution is 2.15. The van der Waals surface area contributed by atoms with Crippen molar-refractivity contribution in [2.24, 2.45) is 5.92 Å². The molecule has 4 heteroatoms. The van der Waals surface area contributed by atoms with Crippen molar-refractivity contribution in [1.29, 1.82) is 0 Å². The summed E-state index contributed by atoms with van der Waals surface area (Å²) in [4.78, 5) is 23.5. The molecule has 1 amide bonds. The summed E-state index contributed by atoms with van der Waals surface area (Å²) < 4.78 is 5.06. The second-order valence-corrected chi connectivity index (χ2v) is 4.49. The molecule has 0 bridgehead atoms. The molecular weight excluding hydrogens is 242 g/mol. The number of hydrogen-bond donors (Lipinski definition) is 1. The summed E-state index contributed by atoms with van der Waals surface area (Å²) in [6, 6.07) is 7.39. The molecule has 0 aliphatic carbocycles. The van der Waals surface area contributed by atoms with Crippen LogP contribution in [0.15, 0.2) is 30.3 Å². The lowest BCUT2D eigenvalue weighted by Crippen LogP contribution is -2.39. The van der Waals surface area contributed by atoms with Gasteiger partial charge in [-0.3, -0.25) is 9.59 Å². The van der Waals surface area contributed by atoms with Crippen molar-refractivity contribution in [2.45, 2.75) is 12.8 Å². The van der Waals surface area contributed by atoms with Crippen molar-refractivity contribution in [1.82, 2.24) is 5.32 Å². The topological polar surface area (TPSA) is 55.4 Å². The van der Waals surface area contributed by atoms with Crippen molar-refractivity contribution in [3.8, 4) is 5.75 Å². The SMILES string of the molecule is COc1ccc(/C=C/C(=O)C2CCCNC2=O)cc1. The second kappa shape index (κ2) is 6.18. The van der Waals surface area contributed by atoms with Crippen LogP contribution in [0.1, 0.15) is 18.4 Å². The van der Waals surface area contributed by atoms with Crippen LogP contribution in [-0.2, 0) is 9.59 Å². The fourth-order valence-electron chi connectivity index (χ4n) is 2.05. The van der Waals surface area contributed by atoms with E-state index in [4.69, 9.17) is 4.74 Å². The molecule has 2 rings (SSSR count). The highest BCUT2D eigenvalue weighted by molar-refractivity contribution is 6.08. The van der Waals surface area contributed by atoms with Crippen LogP contribution in [0.25, 0.3) is 6.08 Å². The van der Waals surface area contributed by atoms with Crippen LogP contribution in [0.3, 0.4) is 0 Å². The Hall–Kier alpha value is -2.10. The number of allylic oxidation sites excluding steroid dienone is 1. The number of ketones is 1. The van der Waals surface area contributed by atoms with Gasteiger partial charge in [0.2, 0.25) is 5.91 Å². The number of rotatable bonds is 4. The number of benzene rings is 1. The van der Waals surface area contributed by atoms with Gasteiger partial charge in [0.05, 0.1) is 7.11 Å². The third-order valence-corrected chi connectivity index (χ3v) is 3.18. The monoisotopic (exact) mass is 259 g/mol. The number of methoxy groups -OCH3 is 1. The molecule has 1 aliphatic rings. The van der Waals surface area contributed by atoms with E-state index in [9.17, 15) is 9.59 Å². The predicted octanol–water partition coefficient (Wildman–Crippen LogP) is 1.80. The number of carbonyl (C=O) groups is 2. The summed E-state index contributed by atoms with van der Waals surface area (Å²) in [5.74, 6) is -0.0398. The zero-order chi connectivity index (χ0) is 13.7. The Morgan fingerprint density at radius 2 is 2.11 bits per heavy atom. The standard InChI is InChI=1S/C15H17NO3/c1-19-12-7-4-11(5-8-12)6-9-14(17)13-3-2-10-16-15(13)18/h4-9,13H,2-3,10H2,1H3,(H,16,18)/b9-6+. The van der Waals surface area contributed by atoms with E-state index >= 15 is 0 Å². The van der Waals surface area contributed by atoms with Gasteiger partial charge in [-0.15, -0.1) is 0 Å². The number of nitrogens with one attached hydrogen (secondary N) is 1. The smallest absolute Gasteiger partial charge is 0.230 e. The molecule has 1 fully saturated rings. The van der Waals surface area contributed by atoms with Crippen molar-refractivity contribution in [3.05, 3.63) is 35.9 Å². The molecule has 100 valence electrons. The number of ether oxygens (including phenoxy) is 1. The van der Waals surface area contributed by atoms with E-state index in [0.717, 1.165) is 17.7 Å². The average molecular weight is 259 g/mol. The normalized spacial score (nSPS) is 19.2. The van der Waals surface area contributed by atoms with Gasteiger partial charge in [-0.25, -0.2) is 0 Å². The van der Waals surface area contributed by atoms with E-state index in [0.29, 0.717) is 13.0 Å². The van der Waals surface area contributed by atoms with Gasteiger partial charge < -0.3 is 10.1 Å². The maximum absolute atomic E-state index is 11.9. The van der Waals surface area contributed by atoms with E-state index in [-0.39, 0.29) is 11.7 Å². The first-order chi connectivity index (χ1) is 9.20. The summed E-state index contributed by atoms with van der Waals surface area (Å²) >= 11 is 0. The van der Waals surface area contributed by atoms with Crippen LogP contribution >= 0.6 is 0 Å². The number of piperidine rings is 1. The summed E-state index contributed by atoms with van der Waals surface area (Å²) in [6.07, 6.45) is 4.71. The number of hydrogen-bond acceptors (Lipinski definition) is 3. The minimum absolute atomic E-state index is 0.131. The van der Waals surface area contributed by atoms with Gasteiger partial charge in [0.25, 0.3) is 0 Å². The Labute approximate surface area is 112 Å². The lowest BCUT2D eigenvalue weighted by molar-refractivity contribution is -0.133. The summed E-state index contributed by atoms with van der Waals surface area (Å²) in [6.45, 7) is 0.671. The fourth-order valence-corrected chi connectivity index (χ4v) is 2.05. The van der Waals surface area contributed by atoms with Gasteiger partial charge in [-0.1, -0.05) is 18.2 Å². The largest absolute Gasteiger partial charge is 0.497 e. The quantitative estimate of drug-likeness (QED) is 0.662. The predicted molar refractivity (Wildman–Crippen MR) is 72.8 cm³/mol. The van der Waals surface area contributed by atoms with Gasteiger partial charge >= 0.3 is 0 Å². The van der Waals surface area contributed by atoms with Crippen molar-refractivity contribution < 1.29 is 14.3 Å². The molecule has 19 heavy (non-hydrogen) atoms. The molecule has 0 spiro atoms. The Kier molecular flexibility index (Phi) is 4.34. The molecular formula is C15H17NO3. The lowest BCUT2D eigenvalue weighted by Gasteiger charge is -2.19. The zero-order valence-electron chi connectivity index (χ0n) is 10.9. The minimum atomic E-state index is -0.525. The molecule has 0 radical (unpaired) electrons. The molecule has 1 N–H and O–H groups in total. The molecule has 1 aliphatic heterocycles. The molecule has 1 aromatic rings. The maximum Gasteiger partial charge on any atom is 0.230 e. The lowest BCUT2D eigenvalue weighted by atomic mass is 9.93. The van der Waals surface area contributed by atoms with Gasteiger partial charge in [0.15, 0.2) is 5.78 Å². The average Bonchev–Trinajstić information content (AvgIpc) is 2.46. The first-order valence-corrected chi connectivity index (χ1v) is 6.34. The third kappa shape index (κ3) is 3.44. The molecule has 1 saturated heterocycles. The van der Waals surface area contributed by atoms with E-state index in [2.05, 4.69) is 5.32 Å². The molecule has 0 aromatic heterocycles. The number of amides is 1. The second-order valence-electron chi connectivity index (χ2n) is 4.49. The van der Waals surface area contributed by atoms with Crippen LogP contribution in [-0.4, -0.2) is 25.3 Å². The van der Waals surface area contributed by atoms with E-state index in [1.54, 1.807) is 13.2 Å². The number of carbonyl (C=O) groups excluding carboxylic acids is 2. The summed E-state index contributed by atoms with van der Waals surface area (Å²) in [5.41, 5.74) is 0.908. The summed E-state index contributed by atoms with van der Waals surface area (Å²) in [5, 5.41) is 2.72. The molecule has 1 unspecified atom stereocenters. The van der Waals surface area contributed by atoms with Crippen molar-refractivity contribution in [3.63, 3.8) is 0 Å². The molecule has 4 nitrogen and oxygen atoms in total. The Balaban J connectivity index is 2.00. The van der Waals surface area contributed by atoms with Gasteiger partial charge in [-0.05, 0) is 36.6 Å². The van der Waals surface area contributed by atoms with Crippen LogP contribution in [0.2, 0.25) is 0 Å². The highest BCUT2D eigenvalue weighted by Gasteiger charge is 2.26. The van der Waals surface area contributed by atoms with Gasteiger partial charge in [0, 0.05) is 6.54 Å². The van der Waals surface area contributed by atoms with Crippen LogP contribution < -0.4 is 10.1 Å². The zero-order valence-corrected chi connectivity index (χ0v) is 10.9. The maximum atomic E-state index is 11.9. The molecule has 0 saturated carbocycles. The van der Waals surface area contributed by atoms with E-state index in [1.165, 1.54) is 6.08 Å². The highest BCUT2D eigenvalue weighted by atomic mass is 16.5. The molecule has 1 atom stereocenters.